The molecule has 0 unspecified atom stereocenters. The zero-order valence-electron chi connectivity index (χ0n) is 8.09. The first-order chi connectivity index (χ1) is 6.86. The monoisotopic (exact) mass is 211 g/mol. The van der Waals surface area contributed by atoms with Crippen LogP contribution in [-0.2, 0) is 13.1 Å². The van der Waals surface area contributed by atoms with Crippen LogP contribution in [0.4, 0.5) is 0 Å². The highest BCUT2D eigenvalue weighted by molar-refractivity contribution is 6.30. The zero-order valence-corrected chi connectivity index (χ0v) is 8.85. The van der Waals surface area contributed by atoms with E-state index in [1.54, 1.807) is 0 Å². The van der Waals surface area contributed by atoms with Crippen molar-refractivity contribution in [2.45, 2.75) is 38.3 Å². The van der Waals surface area contributed by atoms with Gasteiger partial charge in [0, 0.05) is 25.6 Å². The maximum Gasteiger partial charge on any atom is 0.151 e. The summed E-state index contributed by atoms with van der Waals surface area (Å²) in [5.74, 6) is 1.91. The fraction of sp³-hybridized carbons (Fsp3) is 0.700. The van der Waals surface area contributed by atoms with E-state index in [2.05, 4.69) is 14.9 Å². The van der Waals surface area contributed by atoms with Gasteiger partial charge in [-0.3, -0.25) is 0 Å². The van der Waals surface area contributed by atoms with Crippen molar-refractivity contribution < 1.29 is 0 Å². The summed E-state index contributed by atoms with van der Waals surface area (Å²) in [5, 5.41) is 4.03. The van der Waals surface area contributed by atoms with Gasteiger partial charge in [0.25, 0.3) is 0 Å². The number of aromatic nitrogens is 2. The van der Waals surface area contributed by atoms with Gasteiger partial charge in [0.1, 0.15) is 5.82 Å². The van der Waals surface area contributed by atoms with Crippen molar-refractivity contribution in [3.8, 4) is 0 Å². The lowest BCUT2D eigenvalue weighted by Gasteiger charge is -2.27. The smallest absolute Gasteiger partial charge is 0.151 e. The van der Waals surface area contributed by atoms with E-state index < -0.39 is 0 Å². The Bertz CT molecular complexity index is 354. The van der Waals surface area contributed by atoms with Gasteiger partial charge in [-0.2, -0.15) is 0 Å². The van der Waals surface area contributed by atoms with Crippen molar-refractivity contribution in [3.05, 3.63) is 16.7 Å². The Morgan fingerprint density at radius 1 is 1.43 bits per heavy atom. The quantitative estimate of drug-likeness (QED) is 0.769. The molecule has 1 saturated carbocycles. The molecule has 1 aliphatic carbocycles. The van der Waals surface area contributed by atoms with Crippen LogP contribution < -0.4 is 5.32 Å². The van der Waals surface area contributed by atoms with Crippen LogP contribution in [0.25, 0.3) is 0 Å². The summed E-state index contributed by atoms with van der Waals surface area (Å²) in [4.78, 5) is 4.50. The molecule has 0 atom stereocenters. The van der Waals surface area contributed by atoms with Gasteiger partial charge >= 0.3 is 0 Å². The second kappa shape index (κ2) is 3.24. The van der Waals surface area contributed by atoms with Crippen LogP contribution in [0.1, 0.15) is 36.7 Å². The van der Waals surface area contributed by atoms with Crippen molar-refractivity contribution >= 4 is 11.6 Å². The molecular formula is C10H14ClN3. The summed E-state index contributed by atoms with van der Waals surface area (Å²) in [5.41, 5.74) is 1.18. The van der Waals surface area contributed by atoms with E-state index in [9.17, 15) is 0 Å². The molecule has 1 aromatic rings. The Labute approximate surface area is 88.5 Å². The molecule has 1 aliphatic heterocycles. The number of nitrogens with zero attached hydrogens (tertiary/aromatic N) is 2. The molecule has 0 amide bonds. The first-order valence-electron chi connectivity index (χ1n) is 5.32. The van der Waals surface area contributed by atoms with E-state index in [1.807, 2.05) is 0 Å². The van der Waals surface area contributed by atoms with Crippen molar-refractivity contribution in [3.63, 3.8) is 0 Å². The fourth-order valence-electron chi connectivity index (χ4n) is 2.27. The van der Waals surface area contributed by atoms with Crippen LogP contribution in [0, 0.1) is 0 Å². The molecule has 0 bridgehead atoms. The van der Waals surface area contributed by atoms with Gasteiger partial charge in [-0.1, -0.05) is 18.0 Å². The number of fused-ring (bicyclic) bond motifs is 1. The van der Waals surface area contributed by atoms with Crippen molar-refractivity contribution in [1.29, 1.82) is 0 Å². The first-order valence-corrected chi connectivity index (χ1v) is 5.69. The molecule has 1 N–H and O–H groups in total. The second-order valence-corrected chi connectivity index (χ2v) is 4.52. The molecule has 4 heteroatoms. The molecular weight excluding hydrogens is 198 g/mol. The highest BCUT2D eigenvalue weighted by Crippen LogP contribution is 2.37. The number of hydrogen-bond donors (Lipinski definition) is 1. The van der Waals surface area contributed by atoms with Crippen LogP contribution in [0.5, 0.6) is 0 Å². The molecule has 2 heterocycles. The average molecular weight is 212 g/mol. The Morgan fingerprint density at radius 2 is 2.29 bits per heavy atom. The lowest BCUT2D eigenvalue weighted by atomic mass is 9.85. The maximum absolute atomic E-state index is 6.12. The standard InChI is InChI=1S/C10H14ClN3/c11-9-8-6-12-4-5-14(8)10(13-9)7-2-1-3-7/h7,12H,1-6H2. The summed E-state index contributed by atoms with van der Waals surface area (Å²) in [6.07, 6.45) is 3.93. The molecule has 14 heavy (non-hydrogen) atoms. The summed E-state index contributed by atoms with van der Waals surface area (Å²) in [6.45, 7) is 2.94. The average Bonchev–Trinajstić information content (AvgIpc) is 2.43. The minimum atomic E-state index is 0.680. The van der Waals surface area contributed by atoms with E-state index in [-0.39, 0.29) is 0 Å². The predicted octanol–water partition coefficient (Wildman–Crippen LogP) is 1.91. The minimum absolute atomic E-state index is 0.680. The van der Waals surface area contributed by atoms with Crippen LogP contribution in [0.2, 0.25) is 5.15 Å². The van der Waals surface area contributed by atoms with E-state index in [1.165, 1.54) is 30.8 Å². The lowest BCUT2D eigenvalue weighted by molar-refractivity contribution is 0.376. The van der Waals surface area contributed by atoms with E-state index in [0.29, 0.717) is 11.1 Å². The van der Waals surface area contributed by atoms with Gasteiger partial charge in [0.05, 0.1) is 5.69 Å². The molecule has 1 fully saturated rings. The van der Waals surface area contributed by atoms with E-state index in [0.717, 1.165) is 19.6 Å². The third kappa shape index (κ3) is 1.19. The number of imidazole rings is 1. The summed E-state index contributed by atoms with van der Waals surface area (Å²) < 4.78 is 2.32. The summed E-state index contributed by atoms with van der Waals surface area (Å²) in [6, 6.07) is 0. The van der Waals surface area contributed by atoms with Crippen molar-refractivity contribution in [1.82, 2.24) is 14.9 Å². The third-order valence-corrected chi connectivity index (χ3v) is 3.63. The van der Waals surface area contributed by atoms with Crippen molar-refractivity contribution in [2.24, 2.45) is 0 Å². The zero-order chi connectivity index (χ0) is 9.54. The van der Waals surface area contributed by atoms with Crippen LogP contribution in [0.15, 0.2) is 0 Å². The number of halogens is 1. The van der Waals surface area contributed by atoms with Crippen LogP contribution in [0.3, 0.4) is 0 Å². The largest absolute Gasteiger partial charge is 0.328 e. The van der Waals surface area contributed by atoms with Crippen molar-refractivity contribution in [2.75, 3.05) is 6.54 Å². The van der Waals surface area contributed by atoms with E-state index in [4.69, 9.17) is 11.6 Å². The highest BCUT2D eigenvalue weighted by Gasteiger charge is 2.28. The molecule has 76 valence electrons. The van der Waals surface area contributed by atoms with E-state index >= 15 is 0 Å². The molecule has 3 nitrogen and oxygen atoms in total. The highest BCUT2D eigenvalue weighted by atomic mass is 35.5. The second-order valence-electron chi connectivity index (χ2n) is 4.16. The third-order valence-electron chi connectivity index (χ3n) is 3.33. The van der Waals surface area contributed by atoms with Gasteiger partial charge < -0.3 is 9.88 Å². The Hall–Kier alpha value is -0.540. The summed E-state index contributed by atoms with van der Waals surface area (Å²) in [7, 11) is 0. The SMILES string of the molecule is Clc1nc(C2CCC2)n2c1CNCC2. The maximum atomic E-state index is 6.12. The molecule has 0 aromatic carbocycles. The Morgan fingerprint density at radius 3 is 3.00 bits per heavy atom. The number of nitrogens with one attached hydrogen (secondary N) is 1. The normalized spacial score (nSPS) is 21.8. The van der Waals surface area contributed by atoms with Gasteiger partial charge in [0.15, 0.2) is 5.15 Å². The first kappa shape index (κ1) is 8.74. The topological polar surface area (TPSA) is 29.9 Å². The van der Waals surface area contributed by atoms with Crippen LogP contribution in [-0.4, -0.2) is 16.1 Å². The molecule has 0 saturated heterocycles. The molecule has 0 spiro atoms. The summed E-state index contributed by atoms with van der Waals surface area (Å²) >= 11 is 6.12. The van der Waals surface area contributed by atoms with Gasteiger partial charge in [0.2, 0.25) is 0 Å². The fourth-order valence-corrected chi connectivity index (χ4v) is 2.52. The molecule has 2 aliphatic rings. The number of hydrogen-bond acceptors (Lipinski definition) is 2. The minimum Gasteiger partial charge on any atom is -0.328 e. The predicted molar refractivity (Wildman–Crippen MR) is 55.5 cm³/mol. The van der Waals surface area contributed by atoms with Gasteiger partial charge in [-0.25, -0.2) is 4.98 Å². The number of rotatable bonds is 1. The van der Waals surface area contributed by atoms with Crippen LogP contribution >= 0.6 is 11.6 Å². The molecule has 3 rings (SSSR count). The van der Waals surface area contributed by atoms with Gasteiger partial charge in [-0.15, -0.1) is 0 Å². The molecule has 0 radical (unpaired) electrons. The Balaban J connectivity index is 2.02. The lowest BCUT2D eigenvalue weighted by Crippen LogP contribution is -2.30. The Kier molecular flexibility index (Phi) is 2.03. The molecule has 1 aromatic heterocycles. The van der Waals surface area contributed by atoms with Gasteiger partial charge in [-0.05, 0) is 12.8 Å².